The average molecular weight is 293 g/mol. The van der Waals surface area contributed by atoms with Gasteiger partial charge in [-0.05, 0) is 31.5 Å². The molecule has 20 heavy (non-hydrogen) atoms. The number of hydrogen-bond donors (Lipinski definition) is 4. The number of anilines is 1. The van der Waals surface area contributed by atoms with E-state index in [2.05, 4.69) is 15.6 Å². The smallest absolute Gasteiger partial charge is 0.320 e. The molecule has 2 rings (SSSR count). The highest BCUT2D eigenvalue weighted by Gasteiger charge is 2.39. The molecule has 2 amide bonds. The van der Waals surface area contributed by atoms with Crippen LogP contribution in [0.1, 0.15) is 24.7 Å². The van der Waals surface area contributed by atoms with Crippen molar-refractivity contribution in [3.63, 3.8) is 0 Å². The van der Waals surface area contributed by atoms with Gasteiger partial charge in [0.1, 0.15) is 5.66 Å². The predicted octanol–water partition coefficient (Wildman–Crippen LogP) is 1.41. The minimum Gasteiger partial charge on any atom is -0.399 e. The minimum absolute atomic E-state index is 0.0806. The van der Waals surface area contributed by atoms with Crippen molar-refractivity contribution in [2.24, 2.45) is 10.7 Å². The quantitative estimate of drug-likeness (QED) is 0.618. The molecule has 108 valence electrons. The van der Waals surface area contributed by atoms with E-state index in [0.29, 0.717) is 17.4 Å². The van der Waals surface area contributed by atoms with Gasteiger partial charge in [-0.15, -0.1) is 0 Å². The van der Waals surface area contributed by atoms with Gasteiger partial charge in [-0.2, -0.15) is 0 Å². The zero-order valence-electron chi connectivity index (χ0n) is 11.5. The molecule has 6 nitrogen and oxygen atoms in total. The van der Waals surface area contributed by atoms with Crippen LogP contribution in [-0.2, 0) is 0 Å². The van der Waals surface area contributed by atoms with E-state index < -0.39 is 5.66 Å². The molecule has 1 heterocycles. The van der Waals surface area contributed by atoms with E-state index in [-0.39, 0.29) is 11.3 Å². The summed E-state index contributed by atoms with van der Waals surface area (Å²) in [6.45, 7) is 4.24. The number of benzene rings is 1. The molecule has 0 saturated heterocycles. The van der Waals surface area contributed by atoms with Crippen molar-refractivity contribution in [3.05, 3.63) is 29.8 Å². The Kier molecular flexibility index (Phi) is 4.20. The van der Waals surface area contributed by atoms with E-state index in [1.165, 1.54) is 11.8 Å². The van der Waals surface area contributed by atoms with Gasteiger partial charge in [0.2, 0.25) is 0 Å². The van der Waals surface area contributed by atoms with E-state index >= 15 is 0 Å². The monoisotopic (exact) mass is 293 g/mol. The molecule has 0 radical (unpaired) electrons. The fourth-order valence-electron chi connectivity index (χ4n) is 2.02. The lowest BCUT2D eigenvalue weighted by molar-refractivity contribution is 0.246. The lowest BCUT2D eigenvalue weighted by atomic mass is 10.0. The van der Waals surface area contributed by atoms with E-state index in [9.17, 15) is 4.79 Å². The molecule has 2 atom stereocenters. The third-order valence-electron chi connectivity index (χ3n) is 2.87. The first-order valence-corrected chi connectivity index (χ1v) is 7.26. The molecule has 0 bridgehead atoms. The van der Waals surface area contributed by atoms with Crippen molar-refractivity contribution >= 4 is 28.6 Å². The molecule has 0 spiro atoms. The van der Waals surface area contributed by atoms with E-state index in [1.807, 2.05) is 38.1 Å². The lowest BCUT2D eigenvalue weighted by Crippen LogP contribution is -2.38. The number of hydrogen-bond acceptors (Lipinski definition) is 5. The van der Waals surface area contributed by atoms with Gasteiger partial charge in [-0.1, -0.05) is 23.9 Å². The molecule has 1 aliphatic heterocycles. The van der Waals surface area contributed by atoms with Gasteiger partial charge in [0, 0.05) is 12.2 Å². The Morgan fingerprint density at radius 1 is 1.55 bits per heavy atom. The second-order valence-corrected chi connectivity index (χ2v) is 5.89. The fraction of sp³-hybridized carbons (Fsp3) is 0.385. The summed E-state index contributed by atoms with van der Waals surface area (Å²) < 4.78 is 0. The average Bonchev–Trinajstić information content (AvgIpc) is 2.64. The first-order chi connectivity index (χ1) is 9.42. The van der Waals surface area contributed by atoms with Gasteiger partial charge >= 0.3 is 6.03 Å². The molecule has 1 aromatic carbocycles. The van der Waals surface area contributed by atoms with E-state index in [1.54, 1.807) is 0 Å². The van der Waals surface area contributed by atoms with E-state index in [0.717, 1.165) is 5.56 Å². The summed E-state index contributed by atoms with van der Waals surface area (Å²) >= 11 is 1.43. The largest absolute Gasteiger partial charge is 0.399 e. The molecular weight excluding hydrogens is 274 g/mol. The van der Waals surface area contributed by atoms with Crippen molar-refractivity contribution in [2.45, 2.75) is 24.8 Å². The number of thioether (sulfide) groups is 1. The molecule has 0 saturated carbocycles. The highest BCUT2D eigenvalue weighted by Crippen LogP contribution is 2.44. The molecule has 1 aliphatic rings. The molecular formula is C13H19N5OS. The Labute approximate surface area is 122 Å². The van der Waals surface area contributed by atoms with Crippen LogP contribution in [0.4, 0.5) is 10.5 Å². The van der Waals surface area contributed by atoms with Crippen LogP contribution >= 0.6 is 11.8 Å². The lowest BCUT2D eigenvalue weighted by Gasteiger charge is -2.23. The Balaban J connectivity index is 2.14. The number of urea groups is 1. The molecule has 6 N–H and O–H groups in total. The maximum absolute atomic E-state index is 11.5. The number of nitrogens with one attached hydrogen (secondary N) is 2. The number of carbonyl (C=O) groups is 1. The van der Waals surface area contributed by atoms with Crippen LogP contribution in [-0.4, -0.2) is 23.4 Å². The van der Waals surface area contributed by atoms with Crippen molar-refractivity contribution in [3.8, 4) is 0 Å². The third kappa shape index (κ3) is 3.23. The summed E-state index contributed by atoms with van der Waals surface area (Å²) in [5, 5.41) is 5.80. The summed E-state index contributed by atoms with van der Waals surface area (Å²) in [6, 6.07) is 7.28. The molecule has 7 heteroatoms. The van der Waals surface area contributed by atoms with Crippen molar-refractivity contribution in [1.29, 1.82) is 0 Å². The highest BCUT2D eigenvalue weighted by atomic mass is 32.2. The van der Waals surface area contributed by atoms with Gasteiger partial charge in [0.05, 0.1) is 5.25 Å². The standard InChI is InChI=1S/C13H19N5OS/c1-3-16-11(19)17-12-18-13(2,15)10(20-12)8-5-4-6-9(14)7-8/h4-7,10H,3,14-15H2,1-2H3,(H2,16,17,18,19). The second-order valence-electron chi connectivity index (χ2n) is 4.80. The number of nitrogen functional groups attached to an aromatic ring is 1. The number of amides is 2. The molecule has 0 aromatic heterocycles. The third-order valence-corrected chi connectivity index (χ3v) is 4.28. The maximum atomic E-state index is 11.5. The number of aliphatic imine (C=N–C) groups is 1. The molecule has 1 aromatic rings. The van der Waals surface area contributed by atoms with Crippen LogP contribution in [0.2, 0.25) is 0 Å². The number of carbonyl (C=O) groups excluding carboxylic acids is 1. The number of nitrogens with two attached hydrogens (primary N) is 2. The summed E-state index contributed by atoms with van der Waals surface area (Å²) in [7, 11) is 0. The molecule has 0 aliphatic carbocycles. The van der Waals surface area contributed by atoms with Crippen molar-refractivity contribution < 1.29 is 4.79 Å². The number of rotatable bonds is 2. The number of amidine groups is 1. The second kappa shape index (κ2) is 5.72. The minimum atomic E-state index is -0.784. The molecule has 2 unspecified atom stereocenters. The maximum Gasteiger partial charge on any atom is 0.320 e. The summed E-state index contributed by atoms with van der Waals surface area (Å²) in [5.74, 6) is 0. The van der Waals surface area contributed by atoms with Crippen LogP contribution < -0.4 is 22.1 Å². The van der Waals surface area contributed by atoms with E-state index in [4.69, 9.17) is 11.5 Å². The van der Waals surface area contributed by atoms with Crippen LogP contribution in [0.25, 0.3) is 0 Å². The first kappa shape index (κ1) is 14.7. The number of nitrogens with zero attached hydrogens (tertiary/aromatic N) is 1. The Morgan fingerprint density at radius 3 is 2.95 bits per heavy atom. The van der Waals surface area contributed by atoms with Gasteiger partial charge in [0.25, 0.3) is 0 Å². The van der Waals surface area contributed by atoms with Gasteiger partial charge < -0.3 is 16.8 Å². The summed E-state index contributed by atoms with van der Waals surface area (Å²) in [4.78, 5) is 15.9. The van der Waals surface area contributed by atoms with Gasteiger partial charge in [-0.25, -0.2) is 9.79 Å². The predicted molar refractivity (Wildman–Crippen MR) is 83.4 cm³/mol. The van der Waals surface area contributed by atoms with Crippen LogP contribution in [0, 0.1) is 0 Å². The molecule has 0 fully saturated rings. The zero-order chi connectivity index (χ0) is 14.8. The Hall–Kier alpha value is -1.73. The highest BCUT2D eigenvalue weighted by molar-refractivity contribution is 8.14. The summed E-state index contributed by atoms with van der Waals surface area (Å²) in [5.41, 5.74) is 12.9. The topological polar surface area (TPSA) is 106 Å². The van der Waals surface area contributed by atoms with Crippen molar-refractivity contribution in [2.75, 3.05) is 12.3 Å². The van der Waals surface area contributed by atoms with Crippen molar-refractivity contribution in [1.82, 2.24) is 10.6 Å². The SMILES string of the molecule is CCNC(=O)NC1=NC(C)(N)C(c2cccc(N)c2)S1. The normalized spacial score (nSPS) is 25.1. The zero-order valence-corrected chi connectivity index (χ0v) is 12.3. The van der Waals surface area contributed by atoms with Crippen LogP contribution in [0.15, 0.2) is 29.3 Å². The Morgan fingerprint density at radius 2 is 2.30 bits per heavy atom. The Bertz CT molecular complexity index is 543. The van der Waals surface area contributed by atoms with Gasteiger partial charge in [-0.3, -0.25) is 5.32 Å². The summed E-state index contributed by atoms with van der Waals surface area (Å²) in [6.07, 6.45) is 0. The first-order valence-electron chi connectivity index (χ1n) is 6.38. The fourth-order valence-corrected chi connectivity index (χ4v) is 3.22. The van der Waals surface area contributed by atoms with Gasteiger partial charge in [0.15, 0.2) is 5.17 Å². The van der Waals surface area contributed by atoms with Crippen LogP contribution in [0.3, 0.4) is 0 Å². The van der Waals surface area contributed by atoms with Crippen LogP contribution in [0.5, 0.6) is 0 Å².